The second-order valence-corrected chi connectivity index (χ2v) is 6.64. The number of oxime groups is 1. The molecule has 0 aliphatic heterocycles. The molecular formula is C23H23FN2O6. The monoisotopic (exact) mass is 442 g/mol. The highest BCUT2D eigenvalue weighted by Crippen LogP contribution is 2.25. The zero-order valence-corrected chi connectivity index (χ0v) is 17.7. The lowest BCUT2D eigenvalue weighted by Gasteiger charge is -2.11. The van der Waals surface area contributed by atoms with Crippen molar-refractivity contribution < 1.29 is 33.1 Å². The highest BCUT2D eigenvalue weighted by Gasteiger charge is 2.17. The van der Waals surface area contributed by atoms with E-state index in [1.54, 1.807) is 31.2 Å². The highest BCUT2D eigenvalue weighted by atomic mass is 19.1. The van der Waals surface area contributed by atoms with Crippen molar-refractivity contribution >= 4 is 11.7 Å². The number of carbonyl (C=O) groups is 1. The van der Waals surface area contributed by atoms with E-state index in [2.05, 4.69) is 10.3 Å². The minimum absolute atomic E-state index is 0.0108. The number of carboxylic acid groups (broad SMARTS) is 1. The minimum atomic E-state index is -1.13. The van der Waals surface area contributed by atoms with Gasteiger partial charge in [0.05, 0.1) is 6.61 Å². The van der Waals surface area contributed by atoms with E-state index >= 15 is 0 Å². The van der Waals surface area contributed by atoms with E-state index in [0.29, 0.717) is 41.7 Å². The molecule has 0 bridgehead atoms. The highest BCUT2D eigenvalue weighted by molar-refractivity contribution is 5.99. The number of nitrogens with zero attached hydrogens (tertiary/aromatic N) is 2. The summed E-state index contributed by atoms with van der Waals surface area (Å²) in [4.78, 5) is 16.8. The van der Waals surface area contributed by atoms with Crippen LogP contribution >= 0.6 is 0 Å². The number of hydrogen-bond acceptors (Lipinski definition) is 7. The van der Waals surface area contributed by atoms with Crippen LogP contribution in [0.5, 0.6) is 11.5 Å². The number of benzene rings is 2. The molecule has 1 heterocycles. The fourth-order valence-electron chi connectivity index (χ4n) is 2.72. The van der Waals surface area contributed by atoms with Crippen LogP contribution in [0.1, 0.15) is 36.4 Å². The van der Waals surface area contributed by atoms with Crippen molar-refractivity contribution in [1.29, 1.82) is 0 Å². The van der Waals surface area contributed by atoms with Crippen LogP contribution < -0.4 is 9.47 Å². The van der Waals surface area contributed by atoms with Gasteiger partial charge < -0.3 is 23.9 Å². The summed E-state index contributed by atoms with van der Waals surface area (Å²) >= 11 is 0. The summed E-state index contributed by atoms with van der Waals surface area (Å²) in [5.74, 6) is -0.598. The Hall–Kier alpha value is -3.88. The van der Waals surface area contributed by atoms with E-state index in [1.165, 1.54) is 24.3 Å². The van der Waals surface area contributed by atoms with Gasteiger partial charge >= 0.3 is 5.97 Å². The summed E-state index contributed by atoms with van der Waals surface area (Å²) in [5.41, 5.74) is 1.49. The van der Waals surface area contributed by atoms with E-state index in [4.69, 9.17) is 18.8 Å². The van der Waals surface area contributed by atoms with Crippen LogP contribution in [0, 0.1) is 5.82 Å². The van der Waals surface area contributed by atoms with Crippen molar-refractivity contribution in [2.45, 2.75) is 20.3 Å². The molecule has 0 saturated heterocycles. The number of rotatable bonds is 11. The normalized spacial score (nSPS) is 11.3. The number of halogens is 1. The first-order valence-corrected chi connectivity index (χ1v) is 10.1. The van der Waals surface area contributed by atoms with Crippen molar-refractivity contribution in [3.63, 3.8) is 0 Å². The van der Waals surface area contributed by atoms with Gasteiger partial charge in [-0.2, -0.15) is 0 Å². The summed E-state index contributed by atoms with van der Waals surface area (Å²) in [7, 11) is 0. The summed E-state index contributed by atoms with van der Waals surface area (Å²) < 4.78 is 29.7. The standard InChI is InChI=1S/C23H23FN2O6/c1-3-11-31-25-20(22-13-19(26-32-22)15-5-7-16(24)8-6-15)14-30-17-9-10-21(29-4-2)18(12-17)23(27)28/h5-10,12-13H,3-4,11,14H2,1-2H3,(H,27,28)/b25-20+. The van der Waals surface area contributed by atoms with Crippen LogP contribution in [-0.4, -0.2) is 41.8 Å². The number of hydrogen-bond donors (Lipinski definition) is 1. The molecule has 2 aromatic carbocycles. The Kier molecular flexibility index (Phi) is 7.80. The third-order valence-electron chi connectivity index (χ3n) is 4.26. The first kappa shape index (κ1) is 22.8. The molecular weight excluding hydrogens is 419 g/mol. The molecule has 0 spiro atoms. The maximum atomic E-state index is 13.2. The maximum Gasteiger partial charge on any atom is 0.339 e. The molecule has 0 radical (unpaired) electrons. The quantitative estimate of drug-likeness (QED) is 0.259. The predicted molar refractivity (Wildman–Crippen MR) is 115 cm³/mol. The largest absolute Gasteiger partial charge is 0.493 e. The van der Waals surface area contributed by atoms with Crippen LogP contribution in [0.4, 0.5) is 4.39 Å². The van der Waals surface area contributed by atoms with Crippen LogP contribution in [0.3, 0.4) is 0 Å². The van der Waals surface area contributed by atoms with Crippen LogP contribution in [0.25, 0.3) is 11.3 Å². The van der Waals surface area contributed by atoms with Crippen molar-refractivity contribution in [3.8, 4) is 22.8 Å². The van der Waals surface area contributed by atoms with Gasteiger partial charge in [-0.1, -0.05) is 17.2 Å². The number of ether oxygens (including phenoxy) is 2. The maximum absolute atomic E-state index is 13.2. The first-order valence-electron chi connectivity index (χ1n) is 10.1. The summed E-state index contributed by atoms with van der Waals surface area (Å²) in [6, 6.07) is 12.0. The van der Waals surface area contributed by atoms with Gasteiger partial charge in [-0.25, -0.2) is 9.18 Å². The Morgan fingerprint density at radius 3 is 2.59 bits per heavy atom. The van der Waals surface area contributed by atoms with E-state index in [-0.39, 0.29) is 23.7 Å². The van der Waals surface area contributed by atoms with E-state index < -0.39 is 5.97 Å². The molecule has 3 rings (SSSR count). The van der Waals surface area contributed by atoms with Gasteiger partial charge in [-0.05, 0) is 55.8 Å². The second kappa shape index (κ2) is 10.9. The van der Waals surface area contributed by atoms with Gasteiger partial charge in [0.1, 0.15) is 41.8 Å². The Morgan fingerprint density at radius 1 is 1.12 bits per heavy atom. The molecule has 9 heteroatoms. The summed E-state index contributed by atoms with van der Waals surface area (Å²) in [6.07, 6.45) is 0.760. The van der Waals surface area contributed by atoms with Gasteiger partial charge in [-0.15, -0.1) is 0 Å². The molecule has 0 unspecified atom stereocenters. The predicted octanol–water partition coefficient (Wildman–Crippen LogP) is 4.79. The number of carboxylic acids is 1. The van der Waals surface area contributed by atoms with Gasteiger partial charge in [0.15, 0.2) is 11.5 Å². The Bertz CT molecular complexity index is 1080. The first-order chi connectivity index (χ1) is 15.5. The lowest BCUT2D eigenvalue weighted by Crippen LogP contribution is -2.14. The minimum Gasteiger partial charge on any atom is -0.493 e. The molecule has 1 N–H and O–H groups in total. The van der Waals surface area contributed by atoms with Gasteiger partial charge in [0.25, 0.3) is 0 Å². The van der Waals surface area contributed by atoms with Crippen LogP contribution in [0.15, 0.2) is 58.2 Å². The summed E-state index contributed by atoms with van der Waals surface area (Å²) in [6.45, 7) is 4.39. The van der Waals surface area contributed by atoms with Crippen molar-refractivity contribution in [2.75, 3.05) is 19.8 Å². The fraction of sp³-hybridized carbons (Fsp3) is 0.261. The van der Waals surface area contributed by atoms with Gasteiger partial charge in [0.2, 0.25) is 0 Å². The van der Waals surface area contributed by atoms with Gasteiger partial charge in [-0.3, -0.25) is 0 Å². The van der Waals surface area contributed by atoms with E-state index in [9.17, 15) is 14.3 Å². The molecule has 8 nitrogen and oxygen atoms in total. The molecule has 0 aliphatic rings. The molecule has 1 aromatic heterocycles. The Balaban J connectivity index is 1.80. The molecule has 3 aromatic rings. The molecule has 0 saturated carbocycles. The molecule has 168 valence electrons. The van der Waals surface area contributed by atoms with Crippen LogP contribution in [0.2, 0.25) is 0 Å². The Labute approximate surface area is 184 Å². The van der Waals surface area contributed by atoms with Crippen LogP contribution in [-0.2, 0) is 4.84 Å². The summed E-state index contributed by atoms with van der Waals surface area (Å²) in [5, 5.41) is 17.5. The van der Waals surface area contributed by atoms with Crippen molar-refractivity contribution in [1.82, 2.24) is 5.16 Å². The molecule has 0 fully saturated rings. The Morgan fingerprint density at radius 2 is 1.91 bits per heavy atom. The topological polar surface area (TPSA) is 103 Å². The van der Waals surface area contributed by atoms with Crippen molar-refractivity contribution in [3.05, 3.63) is 65.7 Å². The molecule has 32 heavy (non-hydrogen) atoms. The zero-order valence-electron chi connectivity index (χ0n) is 17.7. The molecule has 0 aliphatic carbocycles. The number of aromatic carboxylic acids is 1. The third kappa shape index (κ3) is 5.84. The lowest BCUT2D eigenvalue weighted by molar-refractivity contribution is 0.0692. The SMILES string of the molecule is CCCO/N=C(\COc1ccc(OCC)c(C(=O)O)c1)c1cc(-c2ccc(F)cc2)no1. The molecule has 0 amide bonds. The molecule has 0 atom stereocenters. The van der Waals surface area contributed by atoms with E-state index in [0.717, 1.165) is 6.42 Å². The van der Waals surface area contributed by atoms with Crippen molar-refractivity contribution in [2.24, 2.45) is 5.16 Å². The number of aromatic nitrogens is 1. The average molecular weight is 442 g/mol. The third-order valence-corrected chi connectivity index (χ3v) is 4.26. The fourth-order valence-corrected chi connectivity index (χ4v) is 2.72. The lowest BCUT2D eigenvalue weighted by atomic mass is 10.1. The smallest absolute Gasteiger partial charge is 0.339 e. The zero-order chi connectivity index (χ0) is 22.9. The van der Waals surface area contributed by atoms with E-state index in [1.807, 2.05) is 6.92 Å². The van der Waals surface area contributed by atoms with Gasteiger partial charge in [0, 0.05) is 11.6 Å². The average Bonchev–Trinajstić information content (AvgIpc) is 3.27. The second-order valence-electron chi connectivity index (χ2n) is 6.64.